The SMILES string of the molecule is CN=C(NCCc1ccc(F)cc1C)NCc1ccc(S(N)(=O)=O)cc1.I. The Hall–Kier alpha value is -1.72. The van der Waals surface area contributed by atoms with Gasteiger partial charge in [-0.1, -0.05) is 18.2 Å². The van der Waals surface area contributed by atoms with Crippen LogP contribution in [-0.2, 0) is 23.0 Å². The van der Waals surface area contributed by atoms with Crippen LogP contribution in [0.3, 0.4) is 0 Å². The highest BCUT2D eigenvalue weighted by Crippen LogP contribution is 2.10. The van der Waals surface area contributed by atoms with Crippen LogP contribution in [0.4, 0.5) is 4.39 Å². The summed E-state index contributed by atoms with van der Waals surface area (Å²) in [5.74, 6) is 0.394. The normalized spacial score (nSPS) is 11.6. The summed E-state index contributed by atoms with van der Waals surface area (Å²) < 4.78 is 35.6. The fourth-order valence-electron chi connectivity index (χ4n) is 2.46. The highest BCUT2D eigenvalue weighted by molar-refractivity contribution is 14.0. The van der Waals surface area contributed by atoms with Gasteiger partial charge in [0.2, 0.25) is 10.0 Å². The lowest BCUT2D eigenvalue weighted by Gasteiger charge is -2.13. The van der Waals surface area contributed by atoms with Crippen LogP contribution in [0.1, 0.15) is 16.7 Å². The molecule has 4 N–H and O–H groups in total. The van der Waals surface area contributed by atoms with E-state index < -0.39 is 10.0 Å². The number of benzene rings is 2. The van der Waals surface area contributed by atoms with Gasteiger partial charge in [-0.3, -0.25) is 4.99 Å². The molecule has 0 bridgehead atoms. The fraction of sp³-hybridized carbons (Fsp3) is 0.278. The molecule has 0 heterocycles. The molecule has 0 aliphatic carbocycles. The van der Waals surface area contributed by atoms with Gasteiger partial charge in [0.1, 0.15) is 5.82 Å². The molecule has 0 spiro atoms. The van der Waals surface area contributed by atoms with Gasteiger partial charge < -0.3 is 10.6 Å². The number of halogens is 2. The molecule has 0 aliphatic rings. The Kier molecular flexibility index (Phi) is 9.13. The first-order valence-corrected chi connectivity index (χ1v) is 9.65. The third-order valence-electron chi connectivity index (χ3n) is 3.93. The number of hydrogen-bond donors (Lipinski definition) is 3. The third kappa shape index (κ3) is 7.43. The van der Waals surface area contributed by atoms with Gasteiger partial charge in [0.05, 0.1) is 4.90 Å². The van der Waals surface area contributed by atoms with Crippen LogP contribution in [0.25, 0.3) is 0 Å². The molecule has 0 fully saturated rings. The molecule has 0 saturated carbocycles. The Morgan fingerprint density at radius 2 is 1.81 bits per heavy atom. The molecule has 2 aromatic rings. The molecule has 0 radical (unpaired) electrons. The van der Waals surface area contributed by atoms with Gasteiger partial charge in [-0.25, -0.2) is 17.9 Å². The lowest BCUT2D eigenvalue weighted by Crippen LogP contribution is -2.37. The minimum atomic E-state index is -3.68. The van der Waals surface area contributed by atoms with Crippen LogP contribution in [0.2, 0.25) is 0 Å². The predicted octanol–water partition coefficient (Wildman–Crippen LogP) is 2.31. The van der Waals surface area contributed by atoms with Crippen LogP contribution in [-0.4, -0.2) is 28.0 Å². The van der Waals surface area contributed by atoms with E-state index in [-0.39, 0.29) is 34.7 Å². The van der Waals surface area contributed by atoms with Crippen molar-refractivity contribution in [3.63, 3.8) is 0 Å². The maximum absolute atomic E-state index is 13.1. The second kappa shape index (κ2) is 10.6. The smallest absolute Gasteiger partial charge is 0.238 e. The Balaban J connectivity index is 0.00000364. The largest absolute Gasteiger partial charge is 0.356 e. The number of aliphatic imine (C=N–C) groups is 1. The lowest BCUT2D eigenvalue weighted by atomic mass is 10.1. The summed E-state index contributed by atoms with van der Waals surface area (Å²) in [6.45, 7) is 3.02. The van der Waals surface area contributed by atoms with Crippen LogP contribution >= 0.6 is 24.0 Å². The van der Waals surface area contributed by atoms with Crippen LogP contribution in [0.5, 0.6) is 0 Å². The summed E-state index contributed by atoms with van der Waals surface area (Å²) in [7, 11) is -2.01. The maximum Gasteiger partial charge on any atom is 0.238 e. The molecule has 0 amide bonds. The molecule has 2 aromatic carbocycles. The number of nitrogens with one attached hydrogen (secondary N) is 2. The number of nitrogens with zero attached hydrogens (tertiary/aromatic N) is 1. The number of hydrogen-bond acceptors (Lipinski definition) is 3. The highest BCUT2D eigenvalue weighted by Gasteiger charge is 2.07. The maximum atomic E-state index is 13.1. The first kappa shape index (κ1) is 23.3. The predicted molar refractivity (Wildman–Crippen MR) is 116 cm³/mol. The zero-order chi connectivity index (χ0) is 19.2. The lowest BCUT2D eigenvalue weighted by molar-refractivity contribution is 0.597. The summed E-state index contributed by atoms with van der Waals surface area (Å²) in [4.78, 5) is 4.23. The van der Waals surface area contributed by atoms with Crippen molar-refractivity contribution in [2.24, 2.45) is 10.1 Å². The Labute approximate surface area is 176 Å². The third-order valence-corrected chi connectivity index (χ3v) is 4.86. The molecule has 0 saturated heterocycles. The van der Waals surface area contributed by atoms with E-state index in [2.05, 4.69) is 15.6 Å². The Bertz CT molecular complexity index is 887. The monoisotopic (exact) mass is 506 g/mol. The number of rotatable bonds is 6. The van der Waals surface area contributed by atoms with E-state index in [9.17, 15) is 12.8 Å². The molecular formula is C18H24FIN4O2S. The van der Waals surface area contributed by atoms with Gasteiger partial charge in [0.25, 0.3) is 0 Å². The number of aryl methyl sites for hydroxylation is 1. The summed E-state index contributed by atoms with van der Waals surface area (Å²) in [6, 6.07) is 11.1. The van der Waals surface area contributed by atoms with Crippen LogP contribution in [0, 0.1) is 12.7 Å². The van der Waals surface area contributed by atoms with Gasteiger partial charge in [-0.15, -0.1) is 24.0 Å². The number of guanidine groups is 1. The van der Waals surface area contributed by atoms with E-state index in [1.165, 1.54) is 24.3 Å². The Morgan fingerprint density at radius 1 is 1.15 bits per heavy atom. The number of primary sulfonamides is 1. The molecule has 27 heavy (non-hydrogen) atoms. The molecule has 2 rings (SSSR count). The zero-order valence-electron chi connectivity index (χ0n) is 15.2. The zero-order valence-corrected chi connectivity index (χ0v) is 18.3. The average Bonchev–Trinajstić information content (AvgIpc) is 2.59. The van der Waals surface area contributed by atoms with E-state index in [1.807, 2.05) is 6.92 Å². The van der Waals surface area contributed by atoms with Crippen LogP contribution < -0.4 is 15.8 Å². The van der Waals surface area contributed by atoms with E-state index in [1.54, 1.807) is 25.2 Å². The van der Waals surface area contributed by atoms with Crippen molar-refractivity contribution in [1.29, 1.82) is 0 Å². The molecule has 148 valence electrons. The van der Waals surface area contributed by atoms with E-state index >= 15 is 0 Å². The summed E-state index contributed by atoms with van der Waals surface area (Å²) in [5, 5.41) is 11.4. The van der Waals surface area contributed by atoms with Gasteiger partial charge in [-0.2, -0.15) is 0 Å². The molecule has 0 atom stereocenters. The van der Waals surface area contributed by atoms with Gasteiger partial charge >= 0.3 is 0 Å². The Morgan fingerprint density at radius 3 is 2.37 bits per heavy atom. The second-order valence-electron chi connectivity index (χ2n) is 5.86. The van der Waals surface area contributed by atoms with Crippen molar-refractivity contribution in [3.05, 3.63) is 65.0 Å². The molecule has 0 aromatic heterocycles. The molecular weight excluding hydrogens is 482 g/mol. The van der Waals surface area contributed by atoms with Crippen molar-refractivity contribution < 1.29 is 12.8 Å². The summed E-state index contributed by atoms with van der Waals surface area (Å²) in [6.07, 6.45) is 0.746. The first-order chi connectivity index (χ1) is 12.3. The van der Waals surface area contributed by atoms with Crippen molar-refractivity contribution in [3.8, 4) is 0 Å². The highest BCUT2D eigenvalue weighted by atomic mass is 127. The van der Waals surface area contributed by atoms with Gasteiger partial charge in [0, 0.05) is 20.1 Å². The van der Waals surface area contributed by atoms with Crippen molar-refractivity contribution >= 4 is 40.0 Å². The minimum Gasteiger partial charge on any atom is -0.356 e. The van der Waals surface area contributed by atoms with E-state index in [4.69, 9.17) is 5.14 Å². The minimum absolute atomic E-state index is 0. The molecule has 0 aliphatic heterocycles. The quantitative estimate of drug-likeness (QED) is 0.318. The first-order valence-electron chi connectivity index (χ1n) is 8.11. The number of sulfonamides is 1. The van der Waals surface area contributed by atoms with Gasteiger partial charge in [0.15, 0.2) is 5.96 Å². The van der Waals surface area contributed by atoms with Crippen LogP contribution in [0.15, 0.2) is 52.4 Å². The fourth-order valence-corrected chi connectivity index (χ4v) is 2.97. The van der Waals surface area contributed by atoms with Crippen molar-refractivity contribution in [1.82, 2.24) is 10.6 Å². The van der Waals surface area contributed by atoms with E-state index in [0.717, 1.165) is 23.1 Å². The molecule has 6 nitrogen and oxygen atoms in total. The van der Waals surface area contributed by atoms with E-state index in [0.29, 0.717) is 19.0 Å². The summed E-state index contributed by atoms with van der Waals surface area (Å²) >= 11 is 0. The standard InChI is InChI=1S/C18H23FN4O2S.HI/c1-13-11-16(19)6-5-15(13)9-10-22-18(21-2)23-12-14-3-7-17(8-4-14)26(20,24)25;/h3-8,11H,9-10,12H2,1-2H3,(H2,20,24,25)(H2,21,22,23);1H. The van der Waals surface area contributed by atoms with Crippen molar-refractivity contribution in [2.75, 3.05) is 13.6 Å². The molecule has 9 heteroatoms. The second-order valence-corrected chi connectivity index (χ2v) is 7.42. The average molecular weight is 506 g/mol. The number of nitrogens with two attached hydrogens (primary N) is 1. The van der Waals surface area contributed by atoms with Crippen molar-refractivity contribution in [2.45, 2.75) is 24.8 Å². The van der Waals surface area contributed by atoms with Gasteiger partial charge in [-0.05, 0) is 54.3 Å². The topological polar surface area (TPSA) is 96.6 Å². The molecule has 0 unspecified atom stereocenters. The summed E-state index contributed by atoms with van der Waals surface area (Å²) in [5.41, 5.74) is 2.90.